The van der Waals surface area contributed by atoms with Crippen LogP contribution in [0.15, 0.2) is 29.8 Å². The minimum Gasteiger partial charge on any atom is -0.207 e. The van der Waals surface area contributed by atoms with Crippen LogP contribution in [0.1, 0.15) is 121 Å². The fraction of sp³-hybridized carbons (Fsp3) is 0.704. The first-order valence-corrected chi connectivity index (χ1v) is 12.1. The molecule has 1 saturated carbocycles. The molecule has 0 bridgehead atoms. The molecule has 3 rings (SSSR count). The highest BCUT2D eigenvalue weighted by atomic mass is 19.1. The summed E-state index contributed by atoms with van der Waals surface area (Å²) in [5, 5.41) is 0. The molecule has 0 radical (unpaired) electrons. The zero-order valence-corrected chi connectivity index (χ0v) is 18.4. The lowest BCUT2D eigenvalue weighted by atomic mass is 9.68. The Morgan fingerprint density at radius 1 is 1.04 bits per heavy atom. The Hall–Kier alpha value is -1.11. The van der Waals surface area contributed by atoms with Crippen molar-refractivity contribution >= 4 is 0 Å². The first kappa shape index (κ1) is 21.6. The van der Waals surface area contributed by atoms with Crippen LogP contribution in [-0.4, -0.2) is 0 Å². The molecule has 2 aliphatic carbocycles. The van der Waals surface area contributed by atoms with Gasteiger partial charge in [-0.3, -0.25) is 0 Å². The predicted octanol–water partition coefficient (Wildman–Crippen LogP) is 8.89. The molecule has 1 fully saturated rings. The Morgan fingerprint density at radius 2 is 1.86 bits per heavy atom. The van der Waals surface area contributed by atoms with E-state index >= 15 is 0 Å². The van der Waals surface area contributed by atoms with Gasteiger partial charge >= 0.3 is 0 Å². The number of hydrogen-bond donors (Lipinski definition) is 0. The Balaban J connectivity index is 1.76. The molecule has 1 aromatic carbocycles. The van der Waals surface area contributed by atoms with Crippen molar-refractivity contribution < 1.29 is 4.39 Å². The summed E-state index contributed by atoms with van der Waals surface area (Å²) >= 11 is 0. The van der Waals surface area contributed by atoms with Gasteiger partial charge in [-0.1, -0.05) is 69.7 Å². The minimum absolute atomic E-state index is 0.0184. The molecule has 1 aromatic rings. The third-order valence-corrected chi connectivity index (χ3v) is 7.65. The van der Waals surface area contributed by atoms with E-state index in [4.69, 9.17) is 0 Å². The second kappa shape index (κ2) is 10.6. The molecule has 2 aliphatic rings. The van der Waals surface area contributed by atoms with Crippen LogP contribution in [0.4, 0.5) is 4.39 Å². The van der Waals surface area contributed by atoms with E-state index in [2.05, 4.69) is 32.1 Å². The van der Waals surface area contributed by atoms with Gasteiger partial charge in [0.15, 0.2) is 0 Å². The van der Waals surface area contributed by atoms with Crippen LogP contribution in [0.25, 0.3) is 0 Å². The highest BCUT2D eigenvalue weighted by molar-refractivity contribution is 5.28. The quantitative estimate of drug-likeness (QED) is 0.373. The topological polar surface area (TPSA) is 0 Å². The molecule has 0 nitrogen and oxygen atoms in total. The molecular formula is C27H41F. The van der Waals surface area contributed by atoms with E-state index in [9.17, 15) is 4.39 Å². The third kappa shape index (κ3) is 5.71. The van der Waals surface area contributed by atoms with Crippen LogP contribution in [0.5, 0.6) is 0 Å². The Kier molecular flexibility index (Phi) is 8.18. The summed E-state index contributed by atoms with van der Waals surface area (Å²) in [4.78, 5) is 0. The molecule has 1 heteroatoms. The fourth-order valence-electron chi connectivity index (χ4n) is 5.65. The second-order valence-electron chi connectivity index (χ2n) is 9.56. The molecule has 0 spiro atoms. The summed E-state index contributed by atoms with van der Waals surface area (Å²) in [6.45, 7) is 4.52. The van der Waals surface area contributed by atoms with Crippen LogP contribution < -0.4 is 0 Å². The Morgan fingerprint density at radius 3 is 2.50 bits per heavy atom. The average molecular weight is 385 g/mol. The summed E-state index contributed by atoms with van der Waals surface area (Å²) in [7, 11) is 0. The van der Waals surface area contributed by atoms with Crippen LogP contribution in [0.2, 0.25) is 0 Å². The second-order valence-corrected chi connectivity index (χ2v) is 9.56. The average Bonchev–Trinajstić information content (AvgIpc) is 2.74. The van der Waals surface area contributed by atoms with Gasteiger partial charge in [-0.15, -0.1) is 0 Å². The van der Waals surface area contributed by atoms with Gasteiger partial charge < -0.3 is 0 Å². The first-order valence-electron chi connectivity index (χ1n) is 12.1. The van der Waals surface area contributed by atoms with Crippen LogP contribution in [0, 0.1) is 11.2 Å². The number of hydrogen-bond acceptors (Lipinski definition) is 0. The molecule has 0 aromatic heterocycles. The molecule has 28 heavy (non-hydrogen) atoms. The summed E-state index contributed by atoms with van der Waals surface area (Å²) in [6, 6.07) is 6.17. The summed E-state index contributed by atoms with van der Waals surface area (Å²) in [5.74, 6) is 0.504. The number of benzene rings is 1. The van der Waals surface area contributed by atoms with Crippen LogP contribution in [-0.2, 0) is 6.42 Å². The normalized spacial score (nSPS) is 20.6. The van der Waals surface area contributed by atoms with Gasteiger partial charge in [0.2, 0.25) is 0 Å². The summed E-state index contributed by atoms with van der Waals surface area (Å²) in [5.41, 5.74) is 4.31. The molecule has 0 amide bonds. The predicted molar refractivity (Wildman–Crippen MR) is 119 cm³/mol. The van der Waals surface area contributed by atoms with Gasteiger partial charge in [-0.2, -0.15) is 0 Å². The van der Waals surface area contributed by atoms with Crippen molar-refractivity contribution in [1.29, 1.82) is 0 Å². The van der Waals surface area contributed by atoms with Crippen molar-refractivity contribution in [2.24, 2.45) is 5.41 Å². The molecule has 1 atom stereocenters. The molecule has 1 unspecified atom stereocenters. The Bertz CT molecular complexity index is 636. The van der Waals surface area contributed by atoms with Crippen molar-refractivity contribution in [1.82, 2.24) is 0 Å². The van der Waals surface area contributed by atoms with Crippen molar-refractivity contribution in [2.45, 2.75) is 116 Å². The number of allylic oxidation sites excluding steroid dienone is 2. The first-order chi connectivity index (χ1) is 13.7. The van der Waals surface area contributed by atoms with E-state index in [1.54, 1.807) is 5.57 Å². The molecule has 156 valence electrons. The number of halogens is 1. The largest absolute Gasteiger partial charge is 0.207 e. The third-order valence-electron chi connectivity index (χ3n) is 7.65. The summed E-state index contributed by atoms with van der Waals surface area (Å²) in [6.07, 6.45) is 21.5. The summed E-state index contributed by atoms with van der Waals surface area (Å²) < 4.78 is 14.7. The minimum atomic E-state index is 0.0184. The highest BCUT2D eigenvalue weighted by Crippen LogP contribution is 2.45. The maximum absolute atomic E-state index is 14.7. The van der Waals surface area contributed by atoms with Gasteiger partial charge in [-0.25, -0.2) is 4.39 Å². The van der Waals surface area contributed by atoms with Crippen LogP contribution in [0.3, 0.4) is 0 Å². The van der Waals surface area contributed by atoms with E-state index < -0.39 is 0 Å². The van der Waals surface area contributed by atoms with E-state index in [-0.39, 0.29) is 5.82 Å². The van der Waals surface area contributed by atoms with Crippen molar-refractivity contribution in [3.05, 3.63) is 46.8 Å². The van der Waals surface area contributed by atoms with Gasteiger partial charge in [0.05, 0.1) is 0 Å². The monoisotopic (exact) mass is 384 g/mol. The van der Waals surface area contributed by atoms with Crippen LogP contribution >= 0.6 is 0 Å². The molecular weight excluding hydrogens is 343 g/mol. The maximum Gasteiger partial charge on any atom is 0.126 e. The number of aryl methyl sites for hydroxylation is 1. The zero-order valence-electron chi connectivity index (χ0n) is 18.4. The molecule has 0 aliphatic heterocycles. The standard InChI is InChI=1S/C27H41F/c1-3-11-23-14-15-24(21-26(23)28)25(20-22-12-7-5-8-13-22)16-19-27(4-2)17-9-6-10-18-27/h12,14-15,21,25H,3-11,13,16-20H2,1-2H3. The van der Waals surface area contributed by atoms with Gasteiger partial charge in [-0.05, 0) is 92.7 Å². The zero-order chi connectivity index (χ0) is 19.8. The van der Waals surface area contributed by atoms with Gasteiger partial charge in [0.1, 0.15) is 5.82 Å². The van der Waals surface area contributed by atoms with E-state index in [0.717, 1.165) is 24.8 Å². The maximum atomic E-state index is 14.7. The number of rotatable bonds is 9. The highest BCUT2D eigenvalue weighted by Gasteiger charge is 2.31. The lowest BCUT2D eigenvalue weighted by Gasteiger charge is -2.38. The van der Waals surface area contributed by atoms with Crippen molar-refractivity contribution in [3.8, 4) is 0 Å². The van der Waals surface area contributed by atoms with Gasteiger partial charge in [0, 0.05) is 0 Å². The van der Waals surface area contributed by atoms with E-state index in [1.807, 2.05) is 6.07 Å². The van der Waals surface area contributed by atoms with E-state index in [1.165, 1.54) is 82.6 Å². The Labute approximate surface area is 173 Å². The molecule has 0 heterocycles. The molecule has 0 N–H and O–H groups in total. The van der Waals surface area contributed by atoms with Crippen molar-refractivity contribution in [3.63, 3.8) is 0 Å². The molecule has 0 saturated heterocycles. The van der Waals surface area contributed by atoms with E-state index in [0.29, 0.717) is 11.3 Å². The fourth-order valence-corrected chi connectivity index (χ4v) is 5.65. The van der Waals surface area contributed by atoms with Gasteiger partial charge in [0.25, 0.3) is 0 Å². The lowest BCUT2D eigenvalue weighted by Crippen LogP contribution is -2.24. The SMILES string of the molecule is CCCc1ccc(C(CCC2(CC)CCCCC2)CC2=CCCCC2)cc1F. The smallest absolute Gasteiger partial charge is 0.126 e. The lowest BCUT2D eigenvalue weighted by molar-refractivity contribution is 0.156. The van der Waals surface area contributed by atoms with Crippen molar-refractivity contribution in [2.75, 3.05) is 0 Å².